The molecule has 3 aromatic rings. The molecule has 2 aliphatic heterocycles. The lowest BCUT2D eigenvalue weighted by atomic mass is 9.98. The summed E-state index contributed by atoms with van der Waals surface area (Å²) in [6.07, 6.45) is 9.43. The maximum Gasteiger partial charge on any atom is 0.289 e. The molecule has 1 aliphatic carbocycles. The van der Waals surface area contributed by atoms with E-state index in [0.717, 1.165) is 60.2 Å². The third-order valence-electron chi connectivity index (χ3n) is 7.63. The number of hydrogen-bond acceptors (Lipinski definition) is 5. The van der Waals surface area contributed by atoms with Crippen LogP contribution in [0.3, 0.4) is 0 Å². The van der Waals surface area contributed by atoms with Crippen LogP contribution in [0.25, 0.3) is 22.5 Å². The Labute approximate surface area is 199 Å². The molecule has 0 bridgehead atoms. The molecule has 0 N–H and O–H groups in total. The van der Waals surface area contributed by atoms with Crippen LogP contribution < -0.4 is 0 Å². The predicted octanol–water partition coefficient (Wildman–Crippen LogP) is 4.84. The number of pyridine rings is 1. The number of aryl methyl sites for hydroxylation is 1. The van der Waals surface area contributed by atoms with Crippen molar-refractivity contribution in [3.8, 4) is 22.5 Å². The summed E-state index contributed by atoms with van der Waals surface area (Å²) >= 11 is 0. The number of rotatable bonds is 4. The van der Waals surface area contributed by atoms with Crippen LogP contribution in [0.15, 0.2) is 53.2 Å². The molecule has 174 valence electrons. The molecule has 0 unspecified atom stereocenters. The molecule has 4 heterocycles. The normalized spacial score (nSPS) is 19.1. The first-order chi connectivity index (χ1) is 16.7. The van der Waals surface area contributed by atoms with E-state index in [-0.39, 0.29) is 11.7 Å². The lowest BCUT2D eigenvalue weighted by Gasteiger charge is -2.36. The van der Waals surface area contributed by atoms with E-state index < -0.39 is 0 Å². The van der Waals surface area contributed by atoms with Gasteiger partial charge >= 0.3 is 0 Å². The zero-order valence-corrected chi connectivity index (χ0v) is 19.3. The number of fused-ring (bicyclic) bond motifs is 1. The van der Waals surface area contributed by atoms with Crippen LogP contribution in [0.5, 0.6) is 0 Å². The highest BCUT2D eigenvalue weighted by atomic mass is 16.4. The van der Waals surface area contributed by atoms with Gasteiger partial charge in [0.15, 0.2) is 11.5 Å². The second-order valence-electron chi connectivity index (χ2n) is 9.65. The molecule has 6 heteroatoms. The minimum absolute atomic E-state index is 0.0437. The molecular weight excluding hydrogens is 426 g/mol. The van der Waals surface area contributed by atoms with Gasteiger partial charge < -0.3 is 14.2 Å². The molecule has 0 atom stereocenters. The zero-order chi connectivity index (χ0) is 23.1. The Balaban J connectivity index is 1.29. The lowest BCUT2D eigenvalue weighted by molar-refractivity contribution is 0.0614. The van der Waals surface area contributed by atoms with E-state index in [9.17, 15) is 9.59 Å². The number of aromatic nitrogens is 1. The third-order valence-corrected chi connectivity index (χ3v) is 7.63. The van der Waals surface area contributed by atoms with Crippen LogP contribution >= 0.6 is 0 Å². The molecule has 0 saturated carbocycles. The van der Waals surface area contributed by atoms with Crippen LogP contribution in [0.4, 0.5) is 0 Å². The number of amides is 1. The van der Waals surface area contributed by atoms with E-state index in [1.807, 2.05) is 35.2 Å². The average molecular weight is 456 g/mol. The van der Waals surface area contributed by atoms with Gasteiger partial charge in [0.05, 0.1) is 0 Å². The van der Waals surface area contributed by atoms with Crippen molar-refractivity contribution in [2.75, 3.05) is 26.2 Å². The summed E-state index contributed by atoms with van der Waals surface area (Å²) in [6.45, 7) is 3.92. The molecule has 0 radical (unpaired) electrons. The molecule has 2 saturated heterocycles. The number of benzene rings is 1. The topological polar surface area (TPSA) is 66.7 Å². The number of hydrogen-bond donors (Lipinski definition) is 0. The Morgan fingerprint density at radius 3 is 2.41 bits per heavy atom. The van der Waals surface area contributed by atoms with Gasteiger partial charge in [-0.15, -0.1) is 0 Å². The smallest absolute Gasteiger partial charge is 0.289 e. The number of piperidine rings is 1. The second-order valence-corrected chi connectivity index (χ2v) is 9.65. The minimum Gasteiger partial charge on any atom is -0.450 e. The Kier molecular flexibility index (Phi) is 5.53. The van der Waals surface area contributed by atoms with Crippen molar-refractivity contribution < 1.29 is 14.0 Å². The van der Waals surface area contributed by atoms with Crippen molar-refractivity contribution in [1.29, 1.82) is 0 Å². The number of carbonyl (C=O) groups excluding carboxylic acids is 2. The lowest BCUT2D eigenvalue weighted by Crippen LogP contribution is -2.45. The van der Waals surface area contributed by atoms with Gasteiger partial charge in [-0.1, -0.05) is 18.2 Å². The largest absolute Gasteiger partial charge is 0.450 e. The van der Waals surface area contributed by atoms with Crippen molar-refractivity contribution in [3.05, 3.63) is 65.7 Å². The third kappa shape index (κ3) is 3.86. The van der Waals surface area contributed by atoms with Crippen LogP contribution in [0.1, 0.15) is 58.6 Å². The second kappa shape index (κ2) is 8.84. The van der Waals surface area contributed by atoms with Gasteiger partial charge in [-0.3, -0.25) is 14.6 Å². The summed E-state index contributed by atoms with van der Waals surface area (Å²) in [5.74, 6) is 1.20. The van der Waals surface area contributed by atoms with Gasteiger partial charge in [0.2, 0.25) is 0 Å². The number of nitrogens with zero attached hydrogens (tertiary/aromatic N) is 3. The van der Waals surface area contributed by atoms with E-state index in [1.165, 1.54) is 25.9 Å². The van der Waals surface area contributed by atoms with Gasteiger partial charge in [0.25, 0.3) is 5.91 Å². The minimum atomic E-state index is -0.0437. The summed E-state index contributed by atoms with van der Waals surface area (Å²) in [4.78, 5) is 34.2. The number of likely N-dealkylation sites (tertiary alicyclic amines) is 2. The fourth-order valence-corrected chi connectivity index (χ4v) is 5.75. The highest BCUT2D eigenvalue weighted by Gasteiger charge is 2.31. The van der Waals surface area contributed by atoms with Crippen LogP contribution in [-0.4, -0.2) is 58.7 Å². The predicted molar refractivity (Wildman–Crippen MR) is 130 cm³/mol. The summed E-state index contributed by atoms with van der Waals surface area (Å²) < 4.78 is 6.24. The summed E-state index contributed by atoms with van der Waals surface area (Å²) in [7, 11) is 0. The first-order valence-corrected chi connectivity index (χ1v) is 12.4. The van der Waals surface area contributed by atoms with Gasteiger partial charge in [-0.25, -0.2) is 0 Å². The monoisotopic (exact) mass is 455 g/mol. The van der Waals surface area contributed by atoms with Crippen molar-refractivity contribution in [2.24, 2.45) is 0 Å². The van der Waals surface area contributed by atoms with E-state index in [0.29, 0.717) is 24.0 Å². The van der Waals surface area contributed by atoms with Crippen molar-refractivity contribution in [2.45, 2.75) is 44.6 Å². The van der Waals surface area contributed by atoms with Crippen molar-refractivity contribution in [3.63, 3.8) is 0 Å². The number of ketones is 1. The first-order valence-electron chi connectivity index (χ1n) is 12.4. The maximum atomic E-state index is 13.4. The number of carbonyl (C=O) groups is 2. The van der Waals surface area contributed by atoms with Gasteiger partial charge in [0, 0.05) is 54.6 Å². The van der Waals surface area contributed by atoms with Gasteiger partial charge in [-0.05, 0) is 74.5 Å². The molecule has 34 heavy (non-hydrogen) atoms. The van der Waals surface area contributed by atoms with Crippen molar-refractivity contribution >= 4 is 11.7 Å². The van der Waals surface area contributed by atoms with Crippen LogP contribution in [0.2, 0.25) is 0 Å². The Bertz CT molecular complexity index is 1220. The van der Waals surface area contributed by atoms with Crippen LogP contribution in [0, 0.1) is 0 Å². The van der Waals surface area contributed by atoms with Crippen molar-refractivity contribution in [1.82, 2.24) is 14.8 Å². The SMILES string of the molecule is O=C1CCc2cc(-c3cc(C(=O)N4CCC(N5CCCC5)CC4)oc3-c3ccncc3)ccc21. The Morgan fingerprint density at radius 1 is 0.882 bits per heavy atom. The van der Waals surface area contributed by atoms with E-state index in [1.54, 1.807) is 12.4 Å². The Morgan fingerprint density at radius 2 is 1.65 bits per heavy atom. The zero-order valence-electron chi connectivity index (χ0n) is 19.3. The molecule has 6 rings (SSSR count). The molecule has 3 aliphatic rings. The number of Topliss-reactive ketones (excluding diaryl/α,β-unsaturated/α-hetero) is 1. The molecule has 2 aromatic heterocycles. The van der Waals surface area contributed by atoms with E-state index >= 15 is 0 Å². The quantitative estimate of drug-likeness (QED) is 0.563. The molecule has 0 spiro atoms. The highest BCUT2D eigenvalue weighted by Crippen LogP contribution is 2.37. The summed E-state index contributed by atoms with van der Waals surface area (Å²) in [5, 5.41) is 0. The molecule has 1 amide bonds. The molecule has 1 aromatic carbocycles. The van der Waals surface area contributed by atoms with Crippen LogP contribution in [-0.2, 0) is 6.42 Å². The fraction of sp³-hybridized carbons (Fsp3) is 0.393. The van der Waals surface area contributed by atoms with E-state index in [4.69, 9.17) is 4.42 Å². The first kappa shape index (κ1) is 21.3. The average Bonchev–Trinajstić information content (AvgIpc) is 3.65. The molecular formula is C28H29N3O3. The van der Waals surface area contributed by atoms with Gasteiger partial charge in [0.1, 0.15) is 5.76 Å². The molecule has 2 fully saturated rings. The summed E-state index contributed by atoms with van der Waals surface area (Å²) in [6, 6.07) is 12.2. The Hall–Kier alpha value is -3.25. The molecule has 6 nitrogen and oxygen atoms in total. The van der Waals surface area contributed by atoms with E-state index in [2.05, 4.69) is 16.0 Å². The van der Waals surface area contributed by atoms with Gasteiger partial charge in [-0.2, -0.15) is 0 Å². The maximum absolute atomic E-state index is 13.4. The summed E-state index contributed by atoms with van der Waals surface area (Å²) in [5.41, 5.74) is 4.61. The highest BCUT2D eigenvalue weighted by molar-refractivity contribution is 6.01. The fourth-order valence-electron chi connectivity index (χ4n) is 5.75. The number of furan rings is 1. The standard InChI is InChI=1S/C28H29N3O3/c32-25-6-4-20-17-21(3-5-23(20)25)24-18-26(34-27(24)19-7-11-29-12-8-19)28(33)31-15-9-22(10-16-31)30-13-1-2-14-30/h3,5,7-8,11-12,17-18,22H,1-2,4,6,9-10,13-16H2.